The largest absolute Gasteiger partial charge is 0.126 e. The van der Waals surface area contributed by atoms with E-state index in [4.69, 9.17) is 23.2 Å². The molecule has 0 aromatic heterocycles. The molecule has 2 rings (SSSR count). The average molecular weight is 345 g/mol. The van der Waals surface area contributed by atoms with Crippen LogP contribution >= 0.6 is 57.6 Å². The topological polar surface area (TPSA) is 0 Å². The molecular formula is C9H7Cl2IS. The van der Waals surface area contributed by atoms with Crippen molar-refractivity contribution in [3.05, 3.63) is 27.7 Å². The Morgan fingerprint density at radius 1 is 1.38 bits per heavy atom. The summed E-state index contributed by atoms with van der Waals surface area (Å²) in [7, 11) is 0. The van der Waals surface area contributed by atoms with Crippen molar-refractivity contribution in [1.29, 1.82) is 0 Å². The first-order valence-electron chi connectivity index (χ1n) is 3.95. The number of benzene rings is 1. The molecule has 1 heterocycles. The number of hydrogen-bond acceptors (Lipinski definition) is 1. The van der Waals surface area contributed by atoms with Gasteiger partial charge in [-0.1, -0.05) is 45.8 Å². The lowest BCUT2D eigenvalue weighted by molar-refractivity contribution is 0.896. The predicted molar refractivity (Wildman–Crippen MR) is 68.6 cm³/mol. The smallest absolute Gasteiger partial charge is 0.0646 e. The first-order valence-corrected chi connectivity index (χ1v) is 6.93. The Morgan fingerprint density at radius 2 is 2.15 bits per heavy atom. The van der Waals surface area contributed by atoms with Crippen LogP contribution in [0.2, 0.25) is 10.0 Å². The third-order valence-electron chi connectivity index (χ3n) is 2.03. The first kappa shape index (κ1) is 10.4. The molecule has 13 heavy (non-hydrogen) atoms. The van der Waals surface area contributed by atoms with Crippen molar-refractivity contribution in [3.63, 3.8) is 0 Å². The summed E-state index contributed by atoms with van der Waals surface area (Å²) < 4.78 is 0.514. The summed E-state index contributed by atoms with van der Waals surface area (Å²) in [6.45, 7) is 0. The summed E-state index contributed by atoms with van der Waals surface area (Å²) in [6.07, 6.45) is 1.18. The highest BCUT2D eigenvalue weighted by Crippen LogP contribution is 2.46. The fraction of sp³-hybridized carbons (Fsp3) is 0.333. The third-order valence-corrected chi connectivity index (χ3v) is 5.21. The van der Waals surface area contributed by atoms with Crippen molar-refractivity contribution < 1.29 is 0 Å². The van der Waals surface area contributed by atoms with Gasteiger partial charge in [0.1, 0.15) is 0 Å². The maximum absolute atomic E-state index is 6.16. The van der Waals surface area contributed by atoms with Crippen molar-refractivity contribution in [1.82, 2.24) is 0 Å². The second kappa shape index (κ2) is 4.17. The minimum atomic E-state index is 0.514. The van der Waals surface area contributed by atoms with E-state index in [1.807, 2.05) is 17.8 Å². The van der Waals surface area contributed by atoms with Crippen molar-refractivity contribution >= 4 is 57.6 Å². The molecule has 0 saturated carbocycles. The molecule has 1 atom stereocenters. The van der Waals surface area contributed by atoms with Gasteiger partial charge in [0.15, 0.2) is 0 Å². The molecule has 0 spiro atoms. The zero-order valence-corrected chi connectivity index (χ0v) is 11.2. The number of hydrogen-bond donors (Lipinski definition) is 0. The van der Waals surface area contributed by atoms with Gasteiger partial charge in [-0.3, -0.25) is 0 Å². The Morgan fingerprint density at radius 3 is 2.92 bits per heavy atom. The molecule has 0 bridgehead atoms. The number of thioether (sulfide) groups is 1. The molecule has 1 aliphatic heterocycles. The number of rotatable bonds is 0. The average Bonchev–Trinajstić information content (AvgIpc) is 2.12. The molecule has 0 N–H and O–H groups in total. The van der Waals surface area contributed by atoms with E-state index in [0.29, 0.717) is 8.95 Å². The van der Waals surface area contributed by atoms with Crippen LogP contribution in [0.4, 0.5) is 0 Å². The van der Waals surface area contributed by atoms with E-state index in [9.17, 15) is 0 Å². The van der Waals surface area contributed by atoms with Gasteiger partial charge in [-0.15, -0.1) is 11.8 Å². The van der Waals surface area contributed by atoms with Gasteiger partial charge in [0.25, 0.3) is 0 Å². The molecular weight excluding hydrogens is 338 g/mol. The molecule has 1 aliphatic rings. The highest BCUT2D eigenvalue weighted by atomic mass is 127. The van der Waals surface area contributed by atoms with Crippen molar-refractivity contribution in [3.8, 4) is 0 Å². The fourth-order valence-corrected chi connectivity index (χ4v) is 4.81. The van der Waals surface area contributed by atoms with Gasteiger partial charge in [-0.05, 0) is 29.9 Å². The molecule has 1 aromatic rings. The molecule has 0 fully saturated rings. The van der Waals surface area contributed by atoms with E-state index in [-0.39, 0.29) is 0 Å². The standard InChI is InChI=1S/C9H7Cl2IS/c10-5-1-2-7-8(9(5)11)6(12)3-4-13-7/h1-2,6H,3-4H2. The minimum absolute atomic E-state index is 0.514. The monoisotopic (exact) mass is 344 g/mol. The summed E-state index contributed by atoms with van der Waals surface area (Å²) in [5, 5.41) is 1.41. The summed E-state index contributed by atoms with van der Waals surface area (Å²) in [6, 6.07) is 3.95. The minimum Gasteiger partial charge on any atom is -0.126 e. The second-order valence-electron chi connectivity index (χ2n) is 2.88. The molecule has 0 nitrogen and oxygen atoms in total. The Bertz CT molecular complexity index is 341. The highest BCUT2D eigenvalue weighted by molar-refractivity contribution is 14.1. The van der Waals surface area contributed by atoms with Crippen molar-refractivity contribution in [2.24, 2.45) is 0 Å². The van der Waals surface area contributed by atoms with Gasteiger partial charge in [0.2, 0.25) is 0 Å². The normalized spacial score (nSPS) is 21.3. The Kier molecular flexibility index (Phi) is 3.34. The van der Waals surface area contributed by atoms with Gasteiger partial charge >= 0.3 is 0 Å². The second-order valence-corrected chi connectivity index (χ2v) is 6.30. The maximum Gasteiger partial charge on any atom is 0.0646 e. The molecule has 70 valence electrons. The van der Waals surface area contributed by atoms with Crippen molar-refractivity contribution in [2.75, 3.05) is 5.75 Å². The van der Waals surface area contributed by atoms with Crippen molar-refractivity contribution in [2.45, 2.75) is 15.2 Å². The molecule has 0 aliphatic carbocycles. The Labute approximate surface area is 106 Å². The van der Waals surface area contributed by atoms with E-state index < -0.39 is 0 Å². The van der Waals surface area contributed by atoms with Crippen LogP contribution in [0.25, 0.3) is 0 Å². The number of fused-ring (bicyclic) bond motifs is 1. The zero-order chi connectivity index (χ0) is 9.42. The number of halogens is 3. The summed E-state index contributed by atoms with van der Waals surface area (Å²) in [5.41, 5.74) is 1.23. The number of alkyl halides is 1. The van der Waals surface area contributed by atoms with E-state index in [0.717, 1.165) is 5.02 Å². The van der Waals surface area contributed by atoms with Gasteiger partial charge in [-0.25, -0.2) is 0 Å². The predicted octanol–water partition coefficient (Wildman–Crippen LogP) is 4.97. The van der Waals surface area contributed by atoms with Crippen LogP contribution in [-0.2, 0) is 0 Å². The van der Waals surface area contributed by atoms with E-state index >= 15 is 0 Å². The fourth-order valence-electron chi connectivity index (χ4n) is 1.38. The van der Waals surface area contributed by atoms with Gasteiger partial charge < -0.3 is 0 Å². The summed E-state index contributed by atoms with van der Waals surface area (Å²) >= 11 is 16.4. The van der Waals surface area contributed by atoms with Crippen LogP contribution in [0.5, 0.6) is 0 Å². The molecule has 0 saturated heterocycles. The zero-order valence-electron chi connectivity index (χ0n) is 6.69. The summed E-state index contributed by atoms with van der Waals surface area (Å²) in [4.78, 5) is 1.29. The Balaban J connectivity index is 2.58. The molecule has 4 heteroatoms. The van der Waals surface area contributed by atoms with E-state index in [2.05, 4.69) is 28.7 Å². The quantitative estimate of drug-likeness (QED) is 0.473. The van der Waals surface area contributed by atoms with Gasteiger partial charge in [-0.2, -0.15) is 0 Å². The SMILES string of the molecule is Clc1ccc2c(c1Cl)C(I)CCS2. The van der Waals surface area contributed by atoms with Crippen LogP contribution in [0.15, 0.2) is 17.0 Å². The van der Waals surface area contributed by atoms with E-state index in [1.54, 1.807) is 0 Å². The molecule has 1 unspecified atom stereocenters. The molecule has 1 aromatic carbocycles. The van der Waals surface area contributed by atoms with Gasteiger partial charge in [0.05, 0.1) is 10.0 Å². The van der Waals surface area contributed by atoms with Crippen LogP contribution < -0.4 is 0 Å². The van der Waals surface area contributed by atoms with Crippen LogP contribution in [0.1, 0.15) is 15.9 Å². The Hall–Kier alpha value is 0.880. The molecule has 0 amide bonds. The van der Waals surface area contributed by atoms with E-state index in [1.165, 1.54) is 22.6 Å². The molecule has 0 radical (unpaired) electrons. The lowest BCUT2D eigenvalue weighted by Gasteiger charge is -2.22. The summed E-state index contributed by atoms with van der Waals surface area (Å²) in [5.74, 6) is 1.18. The lowest BCUT2D eigenvalue weighted by atomic mass is 10.1. The van der Waals surface area contributed by atoms with Crippen LogP contribution in [-0.4, -0.2) is 5.75 Å². The first-order chi connectivity index (χ1) is 6.20. The van der Waals surface area contributed by atoms with Crippen LogP contribution in [0, 0.1) is 0 Å². The highest BCUT2D eigenvalue weighted by Gasteiger charge is 2.22. The van der Waals surface area contributed by atoms with Crippen LogP contribution in [0.3, 0.4) is 0 Å². The maximum atomic E-state index is 6.16. The lowest BCUT2D eigenvalue weighted by Crippen LogP contribution is -2.02. The van der Waals surface area contributed by atoms with Gasteiger partial charge in [0, 0.05) is 8.82 Å². The third kappa shape index (κ3) is 1.96.